The number of nitrogens with one attached hydrogen (secondary N) is 1. The van der Waals surface area contributed by atoms with E-state index in [4.69, 9.17) is 0 Å². The highest BCUT2D eigenvalue weighted by atomic mass is 79.9. The van der Waals surface area contributed by atoms with Crippen LogP contribution in [-0.2, 0) is 0 Å². The van der Waals surface area contributed by atoms with Crippen molar-refractivity contribution in [1.82, 2.24) is 15.1 Å². The highest BCUT2D eigenvalue weighted by Gasteiger charge is 2.33. The van der Waals surface area contributed by atoms with Crippen LogP contribution < -0.4 is 0 Å². The highest BCUT2D eigenvalue weighted by Crippen LogP contribution is 2.26. The van der Waals surface area contributed by atoms with Gasteiger partial charge in [0.25, 0.3) is 5.91 Å². The molecule has 0 bridgehead atoms. The summed E-state index contributed by atoms with van der Waals surface area (Å²) in [6.07, 6.45) is -4.42. The van der Waals surface area contributed by atoms with Gasteiger partial charge < -0.3 is 4.90 Å². The van der Waals surface area contributed by atoms with Crippen molar-refractivity contribution in [2.24, 2.45) is 0 Å². The molecule has 1 aromatic rings. The zero-order valence-corrected chi connectivity index (χ0v) is 11.7. The fourth-order valence-electron chi connectivity index (χ4n) is 1.39. The number of hydrogen-bond donors (Lipinski definition) is 1. The summed E-state index contributed by atoms with van der Waals surface area (Å²) >= 11 is 3.18. The molecule has 4 nitrogen and oxygen atoms in total. The first-order valence-corrected chi connectivity index (χ1v) is 5.98. The van der Waals surface area contributed by atoms with Crippen molar-refractivity contribution in [3.8, 4) is 0 Å². The maximum absolute atomic E-state index is 12.2. The molecule has 1 amide bonds. The third kappa shape index (κ3) is 3.47. The molecule has 0 fully saturated rings. The number of H-pyrrole nitrogens is 1. The molecule has 1 heterocycles. The van der Waals surface area contributed by atoms with E-state index in [0.717, 1.165) is 7.05 Å². The van der Waals surface area contributed by atoms with E-state index in [9.17, 15) is 18.0 Å². The minimum absolute atomic E-state index is 0.0366. The molecule has 18 heavy (non-hydrogen) atoms. The molecule has 0 aliphatic heterocycles. The summed E-state index contributed by atoms with van der Waals surface area (Å²) in [4.78, 5) is 12.4. The first kappa shape index (κ1) is 15.0. The molecule has 0 aliphatic carbocycles. The summed E-state index contributed by atoms with van der Waals surface area (Å²) in [5, 5.41) is 6.40. The van der Waals surface area contributed by atoms with Gasteiger partial charge in [-0.15, -0.1) is 0 Å². The lowest BCUT2D eigenvalue weighted by atomic mass is 10.1. The average molecular weight is 328 g/mol. The minimum Gasteiger partial charge on any atom is -0.331 e. The van der Waals surface area contributed by atoms with Gasteiger partial charge in [-0.1, -0.05) is 13.8 Å². The lowest BCUT2D eigenvalue weighted by molar-refractivity contribution is -0.138. The van der Waals surface area contributed by atoms with Crippen LogP contribution in [0.25, 0.3) is 0 Å². The van der Waals surface area contributed by atoms with Crippen LogP contribution in [0.3, 0.4) is 0 Å². The number of carbonyl (C=O) groups is 1. The van der Waals surface area contributed by atoms with Gasteiger partial charge in [0, 0.05) is 7.05 Å². The fraction of sp³-hybridized carbons (Fsp3) is 0.600. The Morgan fingerprint density at radius 1 is 1.50 bits per heavy atom. The SMILES string of the molecule is CC(C)c1[nH]nc(C(=O)N(C)CC(F)(F)F)c1Br. The van der Waals surface area contributed by atoms with Crippen LogP contribution in [0, 0.1) is 0 Å². The monoisotopic (exact) mass is 327 g/mol. The van der Waals surface area contributed by atoms with Crippen molar-refractivity contribution in [2.45, 2.75) is 25.9 Å². The predicted molar refractivity (Wildman–Crippen MR) is 63.4 cm³/mol. The molecule has 0 saturated heterocycles. The Kier molecular flexibility index (Phi) is 4.41. The fourth-order valence-corrected chi connectivity index (χ4v) is 2.19. The summed E-state index contributed by atoms with van der Waals surface area (Å²) in [5.74, 6) is -0.691. The smallest absolute Gasteiger partial charge is 0.331 e. The number of nitrogens with zero attached hydrogens (tertiary/aromatic N) is 2. The molecular formula is C10H13BrF3N3O. The van der Waals surface area contributed by atoms with E-state index in [1.165, 1.54) is 0 Å². The van der Waals surface area contributed by atoms with E-state index < -0.39 is 18.6 Å². The molecule has 1 aromatic heterocycles. The number of halogens is 4. The standard InChI is InChI=1S/C10H13BrF3N3O/c1-5(2)7-6(11)8(16-15-7)9(18)17(3)4-10(12,13)14/h5H,4H2,1-3H3,(H,15,16). The summed E-state index contributed by atoms with van der Waals surface area (Å²) in [6.45, 7) is 2.46. The summed E-state index contributed by atoms with van der Waals surface area (Å²) in [7, 11) is 1.09. The molecule has 0 aromatic carbocycles. The Hall–Kier alpha value is -1.05. The average Bonchev–Trinajstić information content (AvgIpc) is 2.56. The van der Waals surface area contributed by atoms with Gasteiger partial charge in [-0.05, 0) is 21.8 Å². The molecule has 0 unspecified atom stereocenters. The Morgan fingerprint density at radius 2 is 2.06 bits per heavy atom. The number of aromatic nitrogens is 2. The molecule has 0 atom stereocenters. The number of carbonyl (C=O) groups excluding carboxylic acids is 1. The normalized spacial score (nSPS) is 12.0. The number of aromatic amines is 1. The largest absolute Gasteiger partial charge is 0.406 e. The highest BCUT2D eigenvalue weighted by molar-refractivity contribution is 9.10. The Bertz CT molecular complexity index is 442. The van der Waals surface area contributed by atoms with Crippen molar-refractivity contribution in [3.05, 3.63) is 15.9 Å². The van der Waals surface area contributed by atoms with Crippen LogP contribution >= 0.6 is 15.9 Å². The van der Waals surface area contributed by atoms with Crippen LogP contribution in [0.1, 0.15) is 35.9 Å². The lowest BCUT2D eigenvalue weighted by Crippen LogP contribution is -2.36. The van der Waals surface area contributed by atoms with E-state index in [0.29, 0.717) is 15.1 Å². The second-order valence-corrected chi connectivity index (χ2v) is 5.02. The maximum atomic E-state index is 12.2. The van der Waals surface area contributed by atoms with E-state index in [2.05, 4.69) is 26.1 Å². The van der Waals surface area contributed by atoms with E-state index in [1.54, 1.807) is 0 Å². The van der Waals surface area contributed by atoms with Gasteiger partial charge in [0.05, 0.1) is 10.2 Å². The Morgan fingerprint density at radius 3 is 2.44 bits per heavy atom. The van der Waals surface area contributed by atoms with E-state index in [-0.39, 0.29) is 11.6 Å². The summed E-state index contributed by atoms with van der Waals surface area (Å²) in [6, 6.07) is 0. The Labute approximate surface area is 111 Å². The van der Waals surface area contributed by atoms with Crippen molar-refractivity contribution in [3.63, 3.8) is 0 Å². The van der Waals surface area contributed by atoms with Gasteiger partial charge in [0.1, 0.15) is 6.54 Å². The molecule has 0 spiro atoms. The van der Waals surface area contributed by atoms with Crippen molar-refractivity contribution < 1.29 is 18.0 Å². The van der Waals surface area contributed by atoms with Crippen LogP contribution in [0.5, 0.6) is 0 Å². The van der Waals surface area contributed by atoms with Crippen LogP contribution in [0.2, 0.25) is 0 Å². The van der Waals surface area contributed by atoms with Gasteiger partial charge in [0.15, 0.2) is 5.69 Å². The lowest BCUT2D eigenvalue weighted by Gasteiger charge is -2.17. The third-order valence-corrected chi connectivity index (χ3v) is 3.08. The Balaban J connectivity index is 2.91. The van der Waals surface area contributed by atoms with Crippen molar-refractivity contribution in [2.75, 3.05) is 13.6 Å². The second kappa shape index (κ2) is 5.29. The zero-order chi connectivity index (χ0) is 14.1. The number of rotatable bonds is 3. The van der Waals surface area contributed by atoms with Crippen LogP contribution in [0.4, 0.5) is 13.2 Å². The van der Waals surface area contributed by atoms with Gasteiger partial charge in [-0.25, -0.2) is 0 Å². The van der Waals surface area contributed by atoms with Crippen molar-refractivity contribution >= 4 is 21.8 Å². The second-order valence-electron chi connectivity index (χ2n) is 4.23. The zero-order valence-electron chi connectivity index (χ0n) is 10.1. The quantitative estimate of drug-likeness (QED) is 0.927. The van der Waals surface area contributed by atoms with Gasteiger partial charge >= 0.3 is 6.18 Å². The summed E-state index contributed by atoms with van der Waals surface area (Å²) in [5.41, 5.74) is 0.643. The van der Waals surface area contributed by atoms with Gasteiger partial charge in [-0.2, -0.15) is 18.3 Å². The number of alkyl halides is 3. The van der Waals surface area contributed by atoms with Gasteiger partial charge in [-0.3, -0.25) is 9.89 Å². The third-order valence-electron chi connectivity index (χ3n) is 2.28. The molecule has 0 aliphatic rings. The van der Waals surface area contributed by atoms with E-state index in [1.807, 2.05) is 13.8 Å². The number of amides is 1. The molecule has 8 heteroatoms. The van der Waals surface area contributed by atoms with Gasteiger partial charge in [0.2, 0.25) is 0 Å². The maximum Gasteiger partial charge on any atom is 0.406 e. The molecule has 0 saturated carbocycles. The van der Waals surface area contributed by atoms with Crippen LogP contribution in [0.15, 0.2) is 4.47 Å². The summed E-state index contributed by atoms with van der Waals surface area (Å²) < 4.78 is 37.0. The predicted octanol–water partition coefficient (Wildman–Crippen LogP) is 2.93. The van der Waals surface area contributed by atoms with E-state index >= 15 is 0 Å². The molecule has 102 valence electrons. The molecule has 1 rings (SSSR count). The topological polar surface area (TPSA) is 49.0 Å². The van der Waals surface area contributed by atoms with Crippen molar-refractivity contribution in [1.29, 1.82) is 0 Å². The molecular weight excluding hydrogens is 315 g/mol. The minimum atomic E-state index is -4.42. The van der Waals surface area contributed by atoms with Crippen LogP contribution in [-0.4, -0.2) is 40.8 Å². The molecule has 0 radical (unpaired) electrons. The number of hydrogen-bond acceptors (Lipinski definition) is 2. The molecule has 1 N–H and O–H groups in total. The first-order valence-electron chi connectivity index (χ1n) is 5.19. The first-order chi connectivity index (χ1) is 8.13.